The number of rotatable bonds is 2. The van der Waals surface area contributed by atoms with Crippen LogP contribution in [-0.2, 0) is 0 Å². The summed E-state index contributed by atoms with van der Waals surface area (Å²) in [4.78, 5) is 14.4. The van der Waals surface area contributed by atoms with E-state index in [2.05, 4.69) is 108 Å². The first-order chi connectivity index (χ1) is 19.8. The van der Waals surface area contributed by atoms with Crippen molar-refractivity contribution < 1.29 is 0 Å². The average molecular weight is 511 g/mol. The summed E-state index contributed by atoms with van der Waals surface area (Å²) >= 11 is 0. The van der Waals surface area contributed by atoms with Crippen molar-refractivity contribution >= 4 is 54.5 Å². The van der Waals surface area contributed by atoms with Gasteiger partial charge in [-0.3, -0.25) is 9.20 Å². The first kappa shape index (κ1) is 21.5. The molecule has 3 aromatic heterocycles. The Morgan fingerprint density at radius 3 is 1.77 bits per heavy atom. The molecule has 186 valence electrons. The molecule has 0 saturated heterocycles. The number of nitrogens with zero attached hydrogens (tertiary/aromatic N) is 2. The fraction of sp³-hybridized carbons (Fsp3) is 0. The lowest BCUT2D eigenvalue weighted by Crippen LogP contribution is -2.09. The van der Waals surface area contributed by atoms with E-state index in [9.17, 15) is 4.79 Å². The largest absolute Gasteiger partial charge is 0.306 e. The highest BCUT2D eigenvalue weighted by molar-refractivity contribution is 6.20. The van der Waals surface area contributed by atoms with Crippen LogP contribution >= 0.6 is 0 Å². The Hall–Kier alpha value is -5.41. The fourth-order valence-electron chi connectivity index (χ4n) is 6.68. The Balaban J connectivity index is 1.58. The van der Waals surface area contributed by atoms with Gasteiger partial charge in [-0.15, -0.1) is 0 Å². The second kappa shape index (κ2) is 7.81. The standard InChI is InChI=1S/C37H22N2O/c40-37-29-16-9-15-28-30-20-25(23-10-3-1-4-11-23)18-19-33(30)38(35(28)29)34-22-26(24-12-5-2-6-13-24)21-31-27-14-7-8-17-32(27)39(37)36(31)34/h1-22H. The zero-order chi connectivity index (χ0) is 26.4. The van der Waals surface area contributed by atoms with Crippen LogP contribution in [0.3, 0.4) is 0 Å². The molecule has 9 aromatic rings. The molecule has 0 atom stereocenters. The predicted molar refractivity (Wildman–Crippen MR) is 167 cm³/mol. The first-order valence-corrected chi connectivity index (χ1v) is 13.6. The van der Waals surface area contributed by atoms with Crippen molar-refractivity contribution in [3.05, 3.63) is 144 Å². The second-order valence-electron chi connectivity index (χ2n) is 10.6. The summed E-state index contributed by atoms with van der Waals surface area (Å²) in [5.74, 6) is 0. The Kier molecular flexibility index (Phi) is 4.20. The number of hydrogen-bond acceptors (Lipinski definition) is 1. The van der Waals surface area contributed by atoms with E-state index >= 15 is 0 Å². The molecule has 9 rings (SSSR count). The third-order valence-electron chi connectivity index (χ3n) is 8.42. The van der Waals surface area contributed by atoms with Crippen molar-refractivity contribution in [2.75, 3.05) is 0 Å². The van der Waals surface area contributed by atoms with Gasteiger partial charge in [0.25, 0.3) is 5.56 Å². The molecule has 0 aliphatic heterocycles. The predicted octanol–water partition coefficient (Wildman–Crippen LogP) is 8.94. The number of aromatic nitrogens is 2. The first-order valence-electron chi connectivity index (χ1n) is 13.6. The van der Waals surface area contributed by atoms with Gasteiger partial charge in [0.15, 0.2) is 0 Å². The van der Waals surface area contributed by atoms with Crippen molar-refractivity contribution in [1.29, 1.82) is 0 Å². The molecule has 0 radical (unpaired) electrons. The molecular formula is C37H22N2O. The Morgan fingerprint density at radius 1 is 0.350 bits per heavy atom. The maximum atomic E-state index is 14.4. The van der Waals surface area contributed by atoms with Gasteiger partial charge >= 0.3 is 0 Å². The maximum Gasteiger partial charge on any atom is 0.265 e. The van der Waals surface area contributed by atoms with E-state index in [0.29, 0.717) is 0 Å². The normalized spacial score (nSPS) is 12.1. The lowest BCUT2D eigenvalue weighted by Gasteiger charge is -2.07. The van der Waals surface area contributed by atoms with Gasteiger partial charge in [-0.1, -0.05) is 97.1 Å². The van der Waals surface area contributed by atoms with Crippen LogP contribution in [0.5, 0.6) is 0 Å². The van der Waals surface area contributed by atoms with Crippen LogP contribution in [0.25, 0.3) is 76.8 Å². The molecule has 6 aromatic carbocycles. The van der Waals surface area contributed by atoms with Crippen LogP contribution in [0.15, 0.2) is 138 Å². The molecule has 0 N–H and O–H groups in total. The Morgan fingerprint density at radius 2 is 0.975 bits per heavy atom. The van der Waals surface area contributed by atoms with E-state index in [4.69, 9.17) is 0 Å². The summed E-state index contributed by atoms with van der Waals surface area (Å²) in [5, 5.41) is 5.13. The zero-order valence-corrected chi connectivity index (χ0v) is 21.5. The molecule has 0 amide bonds. The molecule has 3 heteroatoms. The molecule has 0 unspecified atom stereocenters. The monoisotopic (exact) mass is 510 g/mol. The quantitative estimate of drug-likeness (QED) is 0.228. The molecule has 0 fully saturated rings. The minimum Gasteiger partial charge on any atom is -0.306 e. The molecule has 3 heterocycles. The summed E-state index contributed by atoms with van der Waals surface area (Å²) in [7, 11) is 0. The number of benzene rings is 6. The van der Waals surface area contributed by atoms with Crippen molar-refractivity contribution in [1.82, 2.24) is 8.80 Å². The van der Waals surface area contributed by atoms with Crippen LogP contribution in [0, 0.1) is 0 Å². The smallest absolute Gasteiger partial charge is 0.265 e. The van der Waals surface area contributed by atoms with E-state index in [0.717, 1.165) is 65.6 Å². The molecule has 40 heavy (non-hydrogen) atoms. The highest BCUT2D eigenvalue weighted by Gasteiger charge is 2.21. The minimum absolute atomic E-state index is 0.00958. The molecule has 3 nitrogen and oxygen atoms in total. The van der Waals surface area contributed by atoms with Gasteiger partial charge < -0.3 is 4.40 Å². The van der Waals surface area contributed by atoms with Gasteiger partial charge in [0.1, 0.15) is 0 Å². The molecule has 0 aliphatic carbocycles. The van der Waals surface area contributed by atoms with Crippen molar-refractivity contribution in [2.24, 2.45) is 0 Å². The average Bonchev–Trinajstić information content (AvgIpc) is 3.50. The van der Waals surface area contributed by atoms with Gasteiger partial charge in [-0.25, -0.2) is 0 Å². The van der Waals surface area contributed by atoms with Crippen LogP contribution < -0.4 is 5.56 Å². The Labute approximate surface area is 229 Å². The van der Waals surface area contributed by atoms with Crippen molar-refractivity contribution in [3.8, 4) is 22.3 Å². The van der Waals surface area contributed by atoms with Gasteiger partial charge in [-0.2, -0.15) is 0 Å². The molecule has 0 saturated carbocycles. The zero-order valence-electron chi connectivity index (χ0n) is 21.5. The summed E-state index contributed by atoms with van der Waals surface area (Å²) in [5.41, 5.74) is 9.62. The van der Waals surface area contributed by atoms with Crippen LogP contribution in [0.4, 0.5) is 0 Å². The highest BCUT2D eigenvalue weighted by Crippen LogP contribution is 2.40. The number of fused-ring (bicyclic) bond motifs is 7. The van der Waals surface area contributed by atoms with Crippen LogP contribution in [-0.4, -0.2) is 8.80 Å². The number of para-hydroxylation sites is 2. The molecule has 0 spiro atoms. The van der Waals surface area contributed by atoms with Gasteiger partial charge in [0.2, 0.25) is 0 Å². The molecular weight excluding hydrogens is 488 g/mol. The van der Waals surface area contributed by atoms with E-state index in [1.165, 1.54) is 11.1 Å². The fourth-order valence-corrected chi connectivity index (χ4v) is 6.68. The van der Waals surface area contributed by atoms with Crippen molar-refractivity contribution in [3.63, 3.8) is 0 Å². The lowest BCUT2D eigenvalue weighted by atomic mass is 10.0. The minimum atomic E-state index is 0.00958. The summed E-state index contributed by atoms with van der Waals surface area (Å²) in [6, 6.07) is 46.6. The third kappa shape index (κ3) is 2.76. The van der Waals surface area contributed by atoms with Gasteiger partial charge in [0.05, 0.1) is 33.0 Å². The van der Waals surface area contributed by atoms with E-state index in [-0.39, 0.29) is 5.56 Å². The maximum absolute atomic E-state index is 14.4. The van der Waals surface area contributed by atoms with Crippen LogP contribution in [0.2, 0.25) is 0 Å². The molecule has 0 aliphatic rings. The van der Waals surface area contributed by atoms with E-state index in [1.807, 2.05) is 34.7 Å². The summed E-state index contributed by atoms with van der Waals surface area (Å²) in [6.45, 7) is 0. The second-order valence-corrected chi connectivity index (χ2v) is 10.6. The molecule has 0 bridgehead atoms. The summed E-state index contributed by atoms with van der Waals surface area (Å²) in [6.07, 6.45) is 0. The SMILES string of the molecule is O=c1c2cccc3c4cc(-c5ccccc5)ccc4n(c4cc(-c5ccccc5)cc5c6ccccc6n1c54)c23. The lowest BCUT2D eigenvalue weighted by molar-refractivity contribution is 1.21. The van der Waals surface area contributed by atoms with E-state index < -0.39 is 0 Å². The van der Waals surface area contributed by atoms with Gasteiger partial charge in [0, 0.05) is 21.5 Å². The van der Waals surface area contributed by atoms with Crippen molar-refractivity contribution in [2.45, 2.75) is 0 Å². The summed E-state index contributed by atoms with van der Waals surface area (Å²) < 4.78 is 4.25. The van der Waals surface area contributed by atoms with Gasteiger partial charge in [-0.05, 0) is 58.7 Å². The van der Waals surface area contributed by atoms with E-state index in [1.54, 1.807) is 0 Å². The topological polar surface area (TPSA) is 25.9 Å². The third-order valence-corrected chi connectivity index (χ3v) is 8.42. The Bertz CT molecular complexity index is 2490. The van der Waals surface area contributed by atoms with Crippen LogP contribution in [0.1, 0.15) is 0 Å². The highest BCUT2D eigenvalue weighted by atomic mass is 16.1. The number of hydrogen-bond donors (Lipinski definition) is 0.